The Labute approximate surface area is 128 Å². The van der Waals surface area contributed by atoms with Crippen molar-refractivity contribution < 1.29 is 4.52 Å². The van der Waals surface area contributed by atoms with Crippen LogP contribution in [0.5, 0.6) is 0 Å². The zero-order valence-electron chi connectivity index (χ0n) is 13.5. The number of nitrogens with zero attached hydrogens (tertiary/aromatic N) is 2. The van der Waals surface area contributed by atoms with Gasteiger partial charge in [0.05, 0.1) is 5.92 Å². The predicted molar refractivity (Wildman–Crippen MR) is 83.3 cm³/mol. The summed E-state index contributed by atoms with van der Waals surface area (Å²) >= 11 is 0. The minimum atomic E-state index is 0.410. The Morgan fingerprint density at radius 3 is 2.76 bits per heavy atom. The highest BCUT2D eigenvalue weighted by Gasteiger charge is 2.32. The Bertz CT molecular complexity index is 445. The summed E-state index contributed by atoms with van der Waals surface area (Å²) in [5.41, 5.74) is 0. The number of rotatable bonds is 4. The van der Waals surface area contributed by atoms with E-state index in [0.29, 0.717) is 17.9 Å². The van der Waals surface area contributed by atoms with Crippen molar-refractivity contribution in [3.8, 4) is 0 Å². The Balaban J connectivity index is 1.73. The Hall–Kier alpha value is -0.900. The van der Waals surface area contributed by atoms with Crippen LogP contribution in [0.2, 0.25) is 0 Å². The summed E-state index contributed by atoms with van der Waals surface area (Å²) in [6.07, 6.45) is 10.1. The smallest absolute Gasteiger partial charge is 0.231 e. The van der Waals surface area contributed by atoms with Crippen molar-refractivity contribution in [1.82, 2.24) is 15.5 Å². The molecule has 0 bridgehead atoms. The predicted octanol–water partition coefficient (Wildman–Crippen LogP) is 4.00. The molecule has 4 heteroatoms. The van der Waals surface area contributed by atoms with E-state index in [1.54, 1.807) is 0 Å². The van der Waals surface area contributed by atoms with Crippen molar-refractivity contribution in [3.05, 3.63) is 11.7 Å². The molecule has 0 amide bonds. The fraction of sp³-hybridized carbons (Fsp3) is 0.882. The highest BCUT2D eigenvalue weighted by molar-refractivity contribution is 5.05. The first-order chi connectivity index (χ1) is 10.3. The normalized spacial score (nSPS) is 34.0. The van der Waals surface area contributed by atoms with E-state index in [1.165, 1.54) is 51.4 Å². The maximum absolute atomic E-state index is 5.68. The quantitative estimate of drug-likeness (QED) is 0.852. The second-order valence-corrected chi connectivity index (χ2v) is 7.01. The molecule has 4 atom stereocenters. The fourth-order valence-electron chi connectivity index (χ4n) is 4.12. The average molecular weight is 291 g/mol. The molecule has 2 fully saturated rings. The van der Waals surface area contributed by atoms with Crippen LogP contribution in [0.3, 0.4) is 0 Å². The van der Waals surface area contributed by atoms with Crippen molar-refractivity contribution in [1.29, 1.82) is 0 Å². The summed E-state index contributed by atoms with van der Waals surface area (Å²) < 4.78 is 5.68. The molecule has 2 saturated carbocycles. The highest BCUT2D eigenvalue weighted by atomic mass is 16.5. The van der Waals surface area contributed by atoms with Gasteiger partial charge in [0.1, 0.15) is 0 Å². The molecule has 2 aliphatic rings. The molecule has 0 aliphatic heterocycles. The highest BCUT2D eigenvalue weighted by Crippen LogP contribution is 2.38. The van der Waals surface area contributed by atoms with Gasteiger partial charge in [-0.3, -0.25) is 0 Å². The zero-order valence-corrected chi connectivity index (χ0v) is 13.5. The van der Waals surface area contributed by atoms with Crippen LogP contribution in [-0.2, 0) is 0 Å². The molecule has 118 valence electrons. The Kier molecular flexibility index (Phi) is 4.94. The van der Waals surface area contributed by atoms with E-state index in [2.05, 4.69) is 24.3 Å². The van der Waals surface area contributed by atoms with Crippen LogP contribution < -0.4 is 5.32 Å². The van der Waals surface area contributed by atoms with Gasteiger partial charge in [0.15, 0.2) is 5.82 Å². The zero-order chi connectivity index (χ0) is 14.7. The van der Waals surface area contributed by atoms with Crippen LogP contribution in [-0.4, -0.2) is 22.7 Å². The van der Waals surface area contributed by atoms with Gasteiger partial charge in [0.2, 0.25) is 5.89 Å². The largest absolute Gasteiger partial charge is 0.339 e. The number of nitrogens with one attached hydrogen (secondary N) is 1. The van der Waals surface area contributed by atoms with Gasteiger partial charge in [-0.2, -0.15) is 4.98 Å². The van der Waals surface area contributed by atoms with Gasteiger partial charge in [0.25, 0.3) is 0 Å². The lowest BCUT2D eigenvalue weighted by Crippen LogP contribution is -2.34. The molecule has 21 heavy (non-hydrogen) atoms. The van der Waals surface area contributed by atoms with Gasteiger partial charge < -0.3 is 9.84 Å². The molecule has 0 spiro atoms. The monoisotopic (exact) mass is 291 g/mol. The van der Waals surface area contributed by atoms with Gasteiger partial charge in [-0.05, 0) is 44.6 Å². The maximum Gasteiger partial charge on any atom is 0.231 e. The lowest BCUT2D eigenvalue weighted by molar-refractivity contribution is 0.303. The molecule has 1 N–H and O–H groups in total. The van der Waals surface area contributed by atoms with E-state index in [-0.39, 0.29) is 0 Å². The molecule has 0 aromatic carbocycles. The summed E-state index contributed by atoms with van der Waals surface area (Å²) in [6, 6.07) is 0.508. The molecule has 1 aromatic rings. The molecule has 0 radical (unpaired) electrons. The summed E-state index contributed by atoms with van der Waals surface area (Å²) in [7, 11) is 0. The van der Waals surface area contributed by atoms with Gasteiger partial charge in [-0.15, -0.1) is 0 Å². The number of aromatic nitrogens is 2. The Morgan fingerprint density at radius 2 is 2.00 bits per heavy atom. The van der Waals surface area contributed by atoms with Gasteiger partial charge in [0, 0.05) is 12.0 Å². The van der Waals surface area contributed by atoms with Crippen molar-refractivity contribution in [2.24, 2.45) is 5.92 Å². The summed E-state index contributed by atoms with van der Waals surface area (Å²) in [5.74, 6) is 3.60. The van der Waals surface area contributed by atoms with Crippen LogP contribution in [0.4, 0.5) is 0 Å². The van der Waals surface area contributed by atoms with Gasteiger partial charge in [-0.1, -0.05) is 38.3 Å². The first-order valence-electron chi connectivity index (χ1n) is 8.84. The SMILES string of the molecule is CCNC1CCCCCC1c1nc(C2CCC(C)C2)no1. The topological polar surface area (TPSA) is 51.0 Å². The third kappa shape index (κ3) is 3.47. The third-order valence-corrected chi connectivity index (χ3v) is 5.32. The number of likely N-dealkylation sites (N-methyl/N-ethyl adjacent to an activating group) is 1. The first-order valence-corrected chi connectivity index (χ1v) is 8.84. The van der Waals surface area contributed by atoms with Crippen LogP contribution >= 0.6 is 0 Å². The van der Waals surface area contributed by atoms with E-state index >= 15 is 0 Å². The van der Waals surface area contributed by atoms with Gasteiger partial charge in [-0.25, -0.2) is 0 Å². The second-order valence-electron chi connectivity index (χ2n) is 7.01. The molecule has 1 aromatic heterocycles. The molecular formula is C17H29N3O. The van der Waals surface area contributed by atoms with Crippen LogP contribution in [0, 0.1) is 5.92 Å². The minimum Gasteiger partial charge on any atom is -0.339 e. The molecule has 2 aliphatic carbocycles. The molecule has 4 nitrogen and oxygen atoms in total. The van der Waals surface area contributed by atoms with E-state index in [0.717, 1.165) is 24.2 Å². The second kappa shape index (κ2) is 6.91. The number of hydrogen-bond donors (Lipinski definition) is 1. The van der Waals surface area contributed by atoms with E-state index in [1.807, 2.05) is 0 Å². The third-order valence-electron chi connectivity index (χ3n) is 5.32. The first kappa shape index (κ1) is 15.0. The van der Waals surface area contributed by atoms with Gasteiger partial charge >= 0.3 is 0 Å². The summed E-state index contributed by atoms with van der Waals surface area (Å²) in [6.45, 7) is 5.52. The molecule has 0 saturated heterocycles. The van der Waals surface area contributed by atoms with Crippen LogP contribution in [0.15, 0.2) is 4.52 Å². The average Bonchev–Trinajstić information content (AvgIpc) is 3.05. The van der Waals surface area contributed by atoms with Crippen LogP contribution in [0.25, 0.3) is 0 Å². The maximum atomic E-state index is 5.68. The fourth-order valence-corrected chi connectivity index (χ4v) is 4.12. The lowest BCUT2D eigenvalue weighted by Gasteiger charge is -2.22. The van der Waals surface area contributed by atoms with E-state index in [9.17, 15) is 0 Å². The van der Waals surface area contributed by atoms with E-state index < -0.39 is 0 Å². The van der Waals surface area contributed by atoms with Crippen molar-refractivity contribution in [3.63, 3.8) is 0 Å². The molecule has 1 heterocycles. The van der Waals surface area contributed by atoms with Crippen molar-refractivity contribution in [2.75, 3.05) is 6.54 Å². The molecule has 4 unspecified atom stereocenters. The minimum absolute atomic E-state index is 0.410. The lowest BCUT2D eigenvalue weighted by atomic mass is 9.94. The standard InChI is InChI=1S/C17H29N3O/c1-3-18-15-8-6-4-5-7-14(15)17-19-16(20-21-17)13-10-9-12(2)11-13/h12-15,18H,3-11H2,1-2H3. The molecule has 3 rings (SSSR count). The number of hydrogen-bond acceptors (Lipinski definition) is 4. The molecular weight excluding hydrogens is 262 g/mol. The summed E-state index contributed by atoms with van der Waals surface area (Å²) in [5, 5.41) is 7.95. The summed E-state index contributed by atoms with van der Waals surface area (Å²) in [4.78, 5) is 4.81. The van der Waals surface area contributed by atoms with Crippen molar-refractivity contribution >= 4 is 0 Å². The van der Waals surface area contributed by atoms with E-state index in [4.69, 9.17) is 9.51 Å². The van der Waals surface area contributed by atoms with Crippen molar-refractivity contribution in [2.45, 2.75) is 83.1 Å². The van der Waals surface area contributed by atoms with Crippen LogP contribution in [0.1, 0.15) is 88.8 Å². The Morgan fingerprint density at radius 1 is 1.14 bits per heavy atom.